The van der Waals surface area contributed by atoms with Gasteiger partial charge in [0.25, 0.3) is 11.5 Å². The van der Waals surface area contributed by atoms with Gasteiger partial charge in [0.1, 0.15) is 11.4 Å². The van der Waals surface area contributed by atoms with Crippen molar-refractivity contribution in [1.29, 1.82) is 0 Å². The summed E-state index contributed by atoms with van der Waals surface area (Å²) in [6.45, 7) is 0. The molecule has 0 unspecified atom stereocenters. The number of amides is 1. The van der Waals surface area contributed by atoms with Crippen molar-refractivity contribution in [2.45, 2.75) is 0 Å². The van der Waals surface area contributed by atoms with Crippen LogP contribution in [-0.2, 0) is 0 Å². The van der Waals surface area contributed by atoms with E-state index >= 15 is 0 Å². The monoisotopic (exact) mass is 305 g/mol. The fraction of sp³-hybridized carbons (Fsp3) is 0.0556. The van der Waals surface area contributed by atoms with Gasteiger partial charge in [-0.25, -0.2) is 4.98 Å². The summed E-state index contributed by atoms with van der Waals surface area (Å²) in [4.78, 5) is 30.0. The van der Waals surface area contributed by atoms with Crippen LogP contribution in [-0.4, -0.2) is 22.9 Å². The Morgan fingerprint density at radius 1 is 1.13 bits per heavy atom. The van der Waals surface area contributed by atoms with Gasteiger partial charge in [0.2, 0.25) is 0 Å². The summed E-state index contributed by atoms with van der Waals surface area (Å²) >= 11 is 0. The zero-order chi connectivity index (χ0) is 16.2. The van der Waals surface area contributed by atoms with Gasteiger partial charge in [-0.2, -0.15) is 0 Å². The van der Waals surface area contributed by atoms with Gasteiger partial charge < -0.3 is 10.3 Å². The molecule has 3 rings (SSSR count). The Kier molecular flexibility index (Phi) is 4.01. The molecule has 0 bridgehead atoms. The highest BCUT2D eigenvalue weighted by Gasteiger charge is 2.08. The SMILES string of the molecule is CNC(=O)c1cnc(C=Cc2ccc3ccccc3c2)[nH]c1=O. The van der Waals surface area contributed by atoms with Crippen molar-refractivity contribution in [3.63, 3.8) is 0 Å². The molecular formula is C18H15N3O2. The summed E-state index contributed by atoms with van der Waals surface area (Å²) < 4.78 is 0. The smallest absolute Gasteiger partial charge is 0.263 e. The van der Waals surface area contributed by atoms with E-state index in [0.717, 1.165) is 10.9 Å². The third-order valence-electron chi connectivity index (χ3n) is 3.50. The van der Waals surface area contributed by atoms with Crippen molar-refractivity contribution in [2.24, 2.45) is 0 Å². The molecule has 1 heterocycles. The van der Waals surface area contributed by atoms with Gasteiger partial charge in [-0.05, 0) is 28.5 Å². The second kappa shape index (κ2) is 6.27. The van der Waals surface area contributed by atoms with Crippen molar-refractivity contribution in [3.05, 3.63) is 76.0 Å². The van der Waals surface area contributed by atoms with Crippen molar-refractivity contribution in [3.8, 4) is 0 Å². The van der Waals surface area contributed by atoms with E-state index in [-0.39, 0.29) is 5.56 Å². The van der Waals surface area contributed by atoms with Crippen LogP contribution in [0, 0.1) is 0 Å². The van der Waals surface area contributed by atoms with E-state index in [0.29, 0.717) is 5.82 Å². The summed E-state index contributed by atoms with van der Waals surface area (Å²) in [6.07, 6.45) is 4.85. The van der Waals surface area contributed by atoms with Crippen molar-refractivity contribution >= 4 is 28.8 Å². The van der Waals surface area contributed by atoms with Crippen LogP contribution < -0.4 is 10.9 Å². The minimum Gasteiger partial charge on any atom is -0.355 e. The summed E-state index contributed by atoms with van der Waals surface area (Å²) in [5.41, 5.74) is 0.537. The van der Waals surface area contributed by atoms with Gasteiger partial charge in [-0.15, -0.1) is 0 Å². The number of fused-ring (bicyclic) bond motifs is 1. The van der Waals surface area contributed by atoms with Gasteiger partial charge in [0.05, 0.1) is 0 Å². The van der Waals surface area contributed by atoms with Crippen LogP contribution in [0.4, 0.5) is 0 Å². The highest BCUT2D eigenvalue weighted by molar-refractivity contribution is 5.93. The molecule has 0 atom stereocenters. The number of hydrogen-bond donors (Lipinski definition) is 2. The molecule has 0 radical (unpaired) electrons. The Morgan fingerprint density at radius 2 is 1.91 bits per heavy atom. The van der Waals surface area contributed by atoms with Crippen LogP contribution >= 0.6 is 0 Å². The quantitative estimate of drug-likeness (QED) is 0.780. The average molecular weight is 305 g/mol. The molecule has 0 aliphatic heterocycles. The Labute approximate surface area is 132 Å². The summed E-state index contributed by atoms with van der Waals surface area (Å²) in [5.74, 6) is -0.0559. The lowest BCUT2D eigenvalue weighted by Crippen LogP contribution is -2.27. The molecule has 0 saturated carbocycles. The zero-order valence-corrected chi connectivity index (χ0v) is 12.5. The molecule has 5 nitrogen and oxygen atoms in total. The van der Waals surface area contributed by atoms with E-state index in [1.165, 1.54) is 18.6 Å². The van der Waals surface area contributed by atoms with E-state index in [1.54, 1.807) is 6.08 Å². The predicted molar refractivity (Wildman–Crippen MR) is 91.1 cm³/mol. The highest BCUT2D eigenvalue weighted by Crippen LogP contribution is 2.16. The third-order valence-corrected chi connectivity index (χ3v) is 3.50. The molecule has 0 fully saturated rings. The predicted octanol–water partition coefficient (Wildman–Crippen LogP) is 2.45. The number of hydrogen-bond acceptors (Lipinski definition) is 3. The minimum atomic E-state index is -0.461. The molecule has 114 valence electrons. The second-order valence-electron chi connectivity index (χ2n) is 5.03. The minimum absolute atomic E-state index is 0.00430. The molecule has 0 aliphatic carbocycles. The molecule has 0 saturated heterocycles. The van der Waals surface area contributed by atoms with E-state index in [2.05, 4.69) is 27.4 Å². The fourth-order valence-electron chi connectivity index (χ4n) is 2.28. The first kappa shape index (κ1) is 14.7. The van der Waals surface area contributed by atoms with Crippen LogP contribution in [0.5, 0.6) is 0 Å². The lowest BCUT2D eigenvalue weighted by molar-refractivity contribution is 0.0961. The van der Waals surface area contributed by atoms with E-state index in [1.807, 2.05) is 36.4 Å². The van der Waals surface area contributed by atoms with Crippen molar-refractivity contribution in [2.75, 3.05) is 7.05 Å². The first-order chi connectivity index (χ1) is 11.2. The lowest BCUT2D eigenvalue weighted by atomic mass is 10.1. The number of nitrogens with zero attached hydrogens (tertiary/aromatic N) is 1. The van der Waals surface area contributed by atoms with Crippen LogP contribution in [0.25, 0.3) is 22.9 Å². The molecule has 0 aliphatic rings. The Hall–Kier alpha value is -3.21. The van der Waals surface area contributed by atoms with Gasteiger partial charge in [-0.3, -0.25) is 9.59 Å². The maximum absolute atomic E-state index is 11.8. The molecule has 2 N–H and O–H groups in total. The fourth-order valence-corrected chi connectivity index (χ4v) is 2.28. The number of H-pyrrole nitrogens is 1. The van der Waals surface area contributed by atoms with Crippen molar-refractivity contribution in [1.82, 2.24) is 15.3 Å². The first-order valence-electron chi connectivity index (χ1n) is 7.15. The van der Waals surface area contributed by atoms with Gasteiger partial charge >= 0.3 is 0 Å². The van der Waals surface area contributed by atoms with Crippen LogP contribution in [0.15, 0.2) is 53.5 Å². The number of carbonyl (C=O) groups is 1. The molecule has 3 aromatic rings. The van der Waals surface area contributed by atoms with E-state index < -0.39 is 11.5 Å². The van der Waals surface area contributed by atoms with Gasteiger partial charge in [-0.1, -0.05) is 42.5 Å². The molecule has 1 aromatic heterocycles. The number of nitrogens with one attached hydrogen (secondary N) is 2. The Bertz CT molecular complexity index is 958. The second-order valence-corrected chi connectivity index (χ2v) is 5.03. The number of carbonyl (C=O) groups excluding carboxylic acids is 1. The first-order valence-corrected chi connectivity index (χ1v) is 7.15. The van der Waals surface area contributed by atoms with Crippen LogP contribution in [0.3, 0.4) is 0 Å². The molecule has 23 heavy (non-hydrogen) atoms. The maximum Gasteiger partial charge on any atom is 0.263 e. The molecule has 0 spiro atoms. The normalized spacial score (nSPS) is 11.0. The summed E-state index contributed by atoms with van der Waals surface area (Å²) in [7, 11) is 1.47. The summed E-state index contributed by atoms with van der Waals surface area (Å²) in [5, 5.41) is 4.72. The average Bonchev–Trinajstić information content (AvgIpc) is 2.59. The van der Waals surface area contributed by atoms with Crippen LogP contribution in [0.1, 0.15) is 21.7 Å². The number of aromatic nitrogens is 2. The third kappa shape index (κ3) is 3.18. The molecule has 5 heteroatoms. The largest absolute Gasteiger partial charge is 0.355 e. The van der Waals surface area contributed by atoms with Gasteiger partial charge in [0.15, 0.2) is 0 Å². The van der Waals surface area contributed by atoms with Gasteiger partial charge in [0, 0.05) is 13.2 Å². The number of benzene rings is 2. The van der Waals surface area contributed by atoms with E-state index in [9.17, 15) is 9.59 Å². The maximum atomic E-state index is 11.8. The van der Waals surface area contributed by atoms with E-state index in [4.69, 9.17) is 0 Å². The number of aromatic amines is 1. The summed E-state index contributed by atoms with van der Waals surface area (Å²) in [6, 6.07) is 14.2. The Morgan fingerprint density at radius 3 is 2.65 bits per heavy atom. The van der Waals surface area contributed by atoms with Crippen molar-refractivity contribution < 1.29 is 4.79 Å². The Balaban J connectivity index is 1.88. The molecule has 2 aromatic carbocycles. The highest BCUT2D eigenvalue weighted by atomic mass is 16.2. The zero-order valence-electron chi connectivity index (χ0n) is 12.5. The topological polar surface area (TPSA) is 74.8 Å². The number of rotatable bonds is 3. The standard InChI is InChI=1S/C18H15N3O2/c1-19-17(22)15-11-20-16(21-18(15)23)9-7-12-6-8-13-4-2-3-5-14(13)10-12/h2-11H,1H3,(H,19,22)(H,20,21,23). The molecule has 1 amide bonds. The van der Waals surface area contributed by atoms with Crippen LogP contribution in [0.2, 0.25) is 0 Å². The molecular weight excluding hydrogens is 290 g/mol. The lowest BCUT2D eigenvalue weighted by Gasteiger charge is -2.00.